The minimum Gasteiger partial charge on any atom is -0.346 e. The van der Waals surface area contributed by atoms with Crippen molar-refractivity contribution < 1.29 is 4.79 Å². The van der Waals surface area contributed by atoms with Crippen LogP contribution in [0, 0.1) is 0 Å². The van der Waals surface area contributed by atoms with Crippen molar-refractivity contribution in [3.8, 4) is 0 Å². The first-order valence-electron chi connectivity index (χ1n) is 6.21. The van der Waals surface area contributed by atoms with E-state index in [2.05, 4.69) is 26.2 Å². The Morgan fingerprint density at radius 1 is 1.29 bits per heavy atom. The van der Waals surface area contributed by atoms with Crippen LogP contribution in [0.5, 0.6) is 0 Å². The van der Waals surface area contributed by atoms with Gasteiger partial charge >= 0.3 is 0 Å². The van der Waals surface area contributed by atoms with Gasteiger partial charge in [0.15, 0.2) is 0 Å². The van der Waals surface area contributed by atoms with Crippen LogP contribution in [0.15, 0.2) is 46.9 Å². The lowest BCUT2D eigenvalue weighted by molar-refractivity contribution is 0.0951. The van der Waals surface area contributed by atoms with Crippen molar-refractivity contribution in [2.75, 3.05) is 0 Å². The zero-order valence-electron chi connectivity index (χ0n) is 10.8. The summed E-state index contributed by atoms with van der Waals surface area (Å²) in [7, 11) is 0. The molecule has 0 aliphatic heterocycles. The number of nitrogens with zero attached hydrogens (tertiary/aromatic N) is 1. The number of hydrogen-bond acceptors (Lipinski definition) is 3. The molecule has 1 aromatic heterocycles. The van der Waals surface area contributed by atoms with Crippen LogP contribution in [0.3, 0.4) is 0 Å². The quantitative estimate of drug-likeness (QED) is 0.718. The molecular weight excluding hydrogens is 372 g/mol. The normalized spacial score (nSPS) is 10.8. The second kappa shape index (κ2) is 6.13. The van der Waals surface area contributed by atoms with Crippen LogP contribution in [0.4, 0.5) is 0 Å². The van der Waals surface area contributed by atoms with Gasteiger partial charge in [0.25, 0.3) is 5.91 Å². The van der Waals surface area contributed by atoms with Crippen molar-refractivity contribution in [3.05, 3.63) is 62.5 Å². The van der Waals surface area contributed by atoms with Crippen LogP contribution in [-0.2, 0) is 6.54 Å². The summed E-state index contributed by atoms with van der Waals surface area (Å²) in [5.41, 5.74) is 1.52. The Kier molecular flexibility index (Phi) is 4.24. The maximum atomic E-state index is 12.1. The second-order valence-corrected chi connectivity index (χ2v) is 6.76. The molecule has 106 valence electrons. The molecule has 2 aromatic carbocycles. The predicted molar refractivity (Wildman–Crippen MR) is 89.9 cm³/mol. The van der Waals surface area contributed by atoms with Crippen molar-refractivity contribution in [2.24, 2.45) is 0 Å². The molecule has 0 radical (unpaired) electrons. The van der Waals surface area contributed by atoms with E-state index < -0.39 is 0 Å². The third-order valence-electron chi connectivity index (χ3n) is 2.92. The van der Waals surface area contributed by atoms with E-state index in [-0.39, 0.29) is 5.91 Å². The third kappa shape index (κ3) is 3.26. The average molecular weight is 382 g/mol. The highest BCUT2D eigenvalue weighted by molar-refractivity contribution is 9.10. The number of fused-ring (bicyclic) bond motifs is 1. The van der Waals surface area contributed by atoms with E-state index >= 15 is 0 Å². The molecule has 0 fully saturated rings. The molecule has 0 aliphatic rings. The van der Waals surface area contributed by atoms with Crippen LogP contribution in [0.1, 0.15) is 15.4 Å². The summed E-state index contributed by atoms with van der Waals surface area (Å²) in [6, 6.07) is 13.0. The van der Waals surface area contributed by atoms with Gasteiger partial charge in [-0.05, 0) is 46.3 Å². The van der Waals surface area contributed by atoms with Crippen LogP contribution >= 0.6 is 38.9 Å². The number of para-hydroxylation sites is 1. The monoisotopic (exact) mass is 380 g/mol. The Hall–Kier alpha value is -1.43. The van der Waals surface area contributed by atoms with Gasteiger partial charge < -0.3 is 5.32 Å². The van der Waals surface area contributed by atoms with Gasteiger partial charge in [-0.1, -0.05) is 23.7 Å². The minimum atomic E-state index is -0.147. The average Bonchev–Trinajstić information content (AvgIpc) is 2.90. The van der Waals surface area contributed by atoms with Crippen LogP contribution in [0.25, 0.3) is 10.2 Å². The number of amides is 1. The molecule has 0 saturated heterocycles. The fourth-order valence-corrected chi connectivity index (χ4v) is 3.29. The number of carbonyl (C=O) groups is 1. The summed E-state index contributed by atoms with van der Waals surface area (Å²) in [5, 5.41) is 4.34. The molecule has 0 unspecified atom stereocenters. The molecule has 0 saturated carbocycles. The first-order chi connectivity index (χ1) is 10.1. The van der Waals surface area contributed by atoms with Gasteiger partial charge in [0.2, 0.25) is 0 Å². The van der Waals surface area contributed by atoms with E-state index in [9.17, 15) is 4.79 Å². The van der Waals surface area contributed by atoms with Crippen molar-refractivity contribution in [1.29, 1.82) is 0 Å². The molecule has 1 amide bonds. The van der Waals surface area contributed by atoms with E-state index in [1.807, 2.05) is 24.3 Å². The zero-order valence-corrected chi connectivity index (χ0v) is 13.9. The highest BCUT2D eigenvalue weighted by Gasteiger charge is 2.09. The molecule has 0 spiro atoms. The number of nitrogens with one attached hydrogen (secondary N) is 1. The highest BCUT2D eigenvalue weighted by atomic mass is 79.9. The molecule has 3 rings (SSSR count). The Morgan fingerprint density at radius 2 is 2.10 bits per heavy atom. The minimum absolute atomic E-state index is 0.147. The number of hydrogen-bond donors (Lipinski definition) is 1. The largest absolute Gasteiger partial charge is 0.346 e. The van der Waals surface area contributed by atoms with Gasteiger partial charge in [0.1, 0.15) is 5.01 Å². The first kappa shape index (κ1) is 14.5. The van der Waals surface area contributed by atoms with Gasteiger partial charge in [0.05, 0.1) is 21.8 Å². The van der Waals surface area contributed by atoms with Crippen LogP contribution in [0.2, 0.25) is 5.02 Å². The smallest absolute Gasteiger partial charge is 0.251 e. The zero-order chi connectivity index (χ0) is 14.8. The maximum Gasteiger partial charge on any atom is 0.251 e. The maximum absolute atomic E-state index is 12.1. The fraction of sp³-hybridized carbons (Fsp3) is 0.0667. The second-order valence-electron chi connectivity index (χ2n) is 4.39. The topological polar surface area (TPSA) is 42.0 Å². The van der Waals surface area contributed by atoms with E-state index in [0.717, 1.165) is 15.2 Å². The summed E-state index contributed by atoms with van der Waals surface area (Å²) in [4.78, 5) is 16.6. The third-order valence-corrected chi connectivity index (χ3v) is 5.17. The van der Waals surface area contributed by atoms with E-state index in [1.54, 1.807) is 29.5 Å². The Bertz CT molecular complexity index is 785. The van der Waals surface area contributed by atoms with Gasteiger partial charge in [-0.25, -0.2) is 4.98 Å². The van der Waals surface area contributed by atoms with Crippen LogP contribution < -0.4 is 5.32 Å². The van der Waals surface area contributed by atoms with Crippen molar-refractivity contribution in [1.82, 2.24) is 10.3 Å². The number of rotatable bonds is 3. The molecule has 6 heteroatoms. The lowest BCUT2D eigenvalue weighted by Gasteiger charge is -2.04. The Morgan fingerprint density at radius 3 is 2.86 bits per heavy atom. The molecule has 0 bridgehead atoms. The van der Waals surface area contributed by atoms with Crippen LogP contribution in [-0.4, -0.2) is 10.9 Å². The summed E-state index contributed by atoms with van der Waals surface area (Å²) >= 11 is 10.8. The number of thiazole rings is 1. The lowest BCUT2D eigenvalue weighted by atomic mass is 10.2. The van der Waals surface area contributed by atoms with Gasteiger partial charge in [-0.15, -0.1) is 11.3 Å². The summed E-state index contributed by atoms with van der Waals surface area (Å²) in [6.45, 7) is 0.415. The molecule has 0 aliphatic carbocycles. The molecule has 21 heavy (non-hydrogen) atoms. The predicted octanol–water partition coefficient (Wildman–Crippen LogP) is 4.64. The Balaban J connectivity index is 1.71. The standard InChI is InChI=1S/C15H10BrClN2OS/c16-10-7-9(5-6-11(10)17)15(20)18-8-14-19-12-3-1-2-4-13(12)21-14/h1-7H,8H2,(H,18,20). The lowest BCUT2D eigenvalue weighted by Crippen LogP contribution is -2.22. The van der Waals surface area contributed by atoms with Crippen molar-refractivity contribution >= 4 is 55.0 Å². The van der Waals surface area contributed by atoms with E-state index in [4.69, 9.17) is 11.6 Å². The van der Waals surface area contributed by atoms with E-state index in [1.165, 1.54) is 0 Å². The number of aromatic nitrogens is 1. The molecular formula is C15H10BrClN2OS. The first-order valence-corrected chi connectivity index (χ1v) is 8.20. The van der Waals surface area contributed by atoms with Crippen molar-refractivity contribution in [3.63, 3.8) is 0 Å². The molecule has 3 nitrogen and oxygen atoms in total. The molecule has 0 atom stereocenters. The molecule has 1 N–H and O–H groups in total. The van der Waals surface area contributed by atoms with Gasteiger partial charge in [-0.3, -0.25) is 4.79 Å². The number of benzene rings is 2. The van der Waals surface area contributed by atoms with Gasteiger partial charge in [0, 0.05) is 10.0 Å². The number of carbonyl (C=O) groups excluding carboxylic acids is 1. The summed E-state index contributed by atoms with van der Waals surface area (Å²) < 4.78 is 1.83. The SMILES string of the molecule is O=C(NCc1nc2ccccc2s1)c1ccc(Cl)c(Br)c1. The highest BCUT2D eigenvalue weighted by Crippen LogP contribution is 2.24. The molecule has 1 heterocycles. The van der Waals surface area contributed by atoms with Gasteiger partial charge in [-0.2, -0.15) is 0 Å². The summed E-state index contributed by atoms with van der Waals surface area (Å²) in [5.74, 6) is -0.147. The molecule has 3 aromatic rings. The summed E-state index contributed by atoms with van der Waals surface area (Å²) in [6.07, 6.45) is 0. The fourth-order valence-electron chi connectivity index (χ4n) is 1.89. The Labute approximate surface area is 139 Å². The van der Waals surface area contributed by atoms with E-state index in [0.29, 0.717) is 21.6 Å². The van der Waals surface area contributed by atoms with Crippen molar-refractivity contribution in [2.45, 2.75) is 6.54 Å². The number of halogens is 2.